The molecule has 96 valence electrons. The third-order valence-electron chi connectivity index (χ3n) is 1.96. The van der Waals surface area contributed by atoms with Crippen molar-refractivity contribution >= 4 is 21.4 Å². The maximum atomic E-state index is 12.5. The Balaban J connectivity index is 3.32. The van der Waals surface area contributed by atoms with E-state index in [2.05, 4.69) is 0 Å². The van der Waals surface area contributed by atoms with E-state index in [4.69, 9.17) is 16.7 Å². The third-order valence-corrected chi connectivity index (χ3v) is 3.98. The summed E-state index contributed by atoms with van der Waals surface area (Å²) in [6.07, 6.45) is -4.72. The Morgan fingerprint density at radius 2 is 1.88 bits per heavy atom. The van der Waals surface area contributed by atoms with Gasteiger partial charge in [0.25, 0.3) is 0 Å². The van der Waals surface area contributed by atoms with Crippen LogP contribution in [-0.4, -0.2) is 25.9 Å². The molecule has 0 aromatic heterocycles. The minimum Gasteiger partial charge on any atom is -0.395 e. The molecule has 0 fully saturated rings. The predicted octanol–water partition coefficient (Wildman–Crippen LogP) is 2.12. The third kappa shape index (κ3) is 3.34. The molecule has 0 saturated carbocycles. The minimum absolute atomic E-state index is 0.466. The number of aliphatic hydroxyl groups is 1. The Bertz CT molecular complexity index is 511. The van der Waals surface area contributed by atoms with Crippen LogP contribution in [0.4, 0.5) is 13.2 Å². The number of hydrogen-bond donors (Lipinski definition) is 1. The van der Waals surface area contributed by atoms with Gasteiger partial charge in [0.05, 0.1) is 27.8 Å². The second kappa shape index (κ2) is 4.83. The molecule has 1 aromatic carbocycles. The van der Waals surface area contributed by atoms with E-state index in [1.54, 1.807) is 0 Å². The molecule has 0 aliphatic heterocycles. The SMILES string of the molecule is O=S(=O)(CCO)c1ccc(Cl)c(C(F)(F)F)c1. The monoisotopic (exact) mass is 288 g/mol. The standard InChI is InChI=1S/C9H8ClF3O3S/c10-8-2-1-6(17(15,16)4-3-14)5-7(8)9(11,12)13/h1-2,5,14H,3-4H2. The second-order valence-corrected chi connectivity index (χ2v) is 5.70. The van der Waals surface area contributed by atoms with Gasteiger partial charge in [-0.1, -0.05) is 11.6 Å². The maximum absolute atomic E-state index is 12.5. The van der Waals surface area contributed by atoms with Gasteiger partial charge in [0.1, 0.15) is 0 Å². The largest absolute Gasteiger partial charge is 0.417 e. The van der Waals surface area contributed by atoms with Crippen molar-refractivity contribution in [3.05, 3.63) is 28.8 Å². The highest BCUT2D eigenvalue weighted by Gasteiger charge is 2.34. The van der Waals surface area contributed by atoms with Crippen LogP contribution in [0.2, 0.25) is 5.02 Å². The Morgan fingerprint density at radius 3 is 2.35 bits per heavy atom. The van der Waals surface area contributed by atoms with Crippen LogP contribution >= 0.6 is 11.6 Å². The molecular formula is C9H8ClF3O3S. The number of benzene rings is 1. The first kappa shape index (κ1) is 14.3. The summed E-state index contributed by atoms with van der Waals surface area (Å²) >= 11 is 5.34. The van der Waals surface area contributed by atoms with E-state index in [9.17, 15) is 21.6 Å². The van der Waals surface area contributed by atoms with Crippen LogP contribution in [-0.2, 0) is 16.0 Å². The minimum atomic E-state index is -4.72. The van der Waals surface area contributed by atoms with Crippen LogP contribution in [0.5, 0.6) is 0 Å². The number of rotatable bonds is 3. The number of hydrogen-bond acceptors (Lipinski definition) is 3. The quantitative estimate of drug-likeness (QED) is 0.927. The highest BCUT2D eigenvalue weighted by atomic mass is 35.5. The zero-order chi connectivity index (χ0) is 13.3. The lowest BCUT2D eigenvalue weighted by atomic mass is 10.2. The van der Waals surface area contributed by atoms with Crippen molar-refractivity contribution in [3.63, 3.8) is 0 Å². The van der Waals surface area contributed by atoms with Gasteiger partial charge >= 0.3 is 6.18 Å². The molecule has 1 N–H and O–H groups in total. The number of aliphatic hydroxyl groups excluding tert-OH is 1. The lowest BCUT2D eigenvalue weighted by Crippen LogP contribution is -2.12. The molecule has 0 atom stereocenters. The molecule has 0 bridgehead atoms. The number of sulfone groups is 1. The van der Waals surface area contributed by atoms with E-state index in [1.165, 1.54) is 0 Å². The lowest BCUT2D eigenvalue weighted by Gasteiger charge is -2.10. The van der Waals surface area contributed by atoms with Crippen LogP contribution in [0.25, 0.3) is 0 Å². The summed E-state index contributed by atoms with van der Waals surface area (Å²) in [4.78, 5) is -0.511. The number of alkyl halides is 3. The Morgan fingerprint density at radius 1 is 1.29 bits per heavy atom. The van der Waals surface area contributed by atoms with Gasteiger partial charge in [0.2, 0.25) is 0 Å². The summed E-state index contributed by atoms with van der Waals surface area (Å²) in [6, 6.07) is 2.31. The van der Waals surface area contributed by atoms with Crippen LogP contribution in [0.15, 0.2) is 23.1 Å². The lowest BCUT2D eigenvalue weighted by molar-refractivity contribution is -0.137. The van der Waals surface area contributed by atoms with Crippen molar-refractivity contribution in [3.8, 4) is 0 Å². The van der Waals surface area contributed by atoms with E-state index in [0.717, 1.165) is 12.1 Å². The molecule has 8 heteroatoms. The van der Waals surface area contributed by atoms with Gasteiger partial charge in [-0.3, -0.25) is 0 Å². The fourth-order valence-electron chi connectivity index (χ4n) is 1.15. The molecule has 1 rings (SSSR count). The molecule has 0 heterocycles. The fraction of sp³-hybridized carbons (Fsp3) is 0.333. The molecule has 0 amide bonds. The second-order valence-electron chi connectivity index (χ2n) is 3.18. The smallest absolute Gasteiger partial charge is 0.395 e. The van der Waals surface area contributed by atoms with Crippen molar-refractivity contribution in [1.82, 2.24) is 0 Å². The van der Waals surface area contributed by atoms with Gasteiger partial charge in [-0.2, -0.15) is 13.2 Å². The van der Waals surface area contributed by atoms with Gasteiger partial charge in [0, 0.05) is 0 Å². The van der Waals surface area contributed by atoms with Gasteiger partial charge in [-0.15, -0.1) is 0 Å². The highest BCUT2D eigenvalue weighted by molar-refractivity contribution is 7.91. The van der Waals surface area contributed by atoms with E-state index in [-0.39, 0.29) is 0 Å². The molecule has 1 aromatic rings. The summed E-state index contributed by atoms with van der Waals surface area (Å²) in [7, 11) is -3.92. The van der Waals surface area contributed by atoms with Crippen molar-refractivity contribution in [2.24, 2.45) is 0 Å². The Hall–Kier alpha value is -0.790. The van der Waals surface area contributed by atoms with Gasteiger partial charge in [-0.05, 0) is 18.2 Å². The molecular weight excluding hydrogens is 281 g/mol. The zero-order valence-electron chi connectivity index (χ0n) is 8.33. The average molecular weight is 289 g/mol. The van der Waals surface area contributed by atoms with Crippen LogP contribution < -0.4 is 0 Å². The van der Waals surface area contributed by atoms with E-state index in [1.807, 2.05) is 0 Å². The van der Waals surface area contributed by atoms with Crippen LogP contribution in [0.1, 0.15) is 5.56 Å². The van der Waals surface area contributed by atoms with Gasteiger partial charge < -0.3 is 5.11 Å². The van der Waals surface area contributed by atoms with E-state index in [0.29, 0.717) is 6.07 Å². The van der Waals surface area contributed by atoms with E-state index >= 15 is 0 Å². The van der Waals surface area contributed by atoms with Gasteiger partial charge in [0.15, 0.2) is 9.84 Å². The first-order valence-electron chi connectivity index (χ1n) is 4.39. The summed E-state index contributed by atoms with van der Waals surface area (Å²) < 4.78 is 60.3. The molecule has 0 saturated heterocycles. The first-order valence-corrected chi connectivity index (χ1v) is 6.42. The Labute approximate surface area is 101 Å². The molecule has 0 radical (unpaired) electrons. The molecule has 0 unspecified atom stereocenters. The summed E-state index contributed by atoms with van der Waals surface area (Å²) in [5.74, 6) is -0.633. The summed E-state index contributed by atoms with van der Waals surface area (Å²) in [5, 5.41) is 7.95. The normalized spacial score (nSPS) is 12.8. The molecule has 3 nitrogen and oxygen atoms in total. The molecule has 0 spiro atoms. The molecule has 0 aliphatic carbocycles. The van der Waals surface area contributed by atoms with E-state index < -0.39 is 43.9 Å². The number of halogens is 4. The summed E-state index contributed by atoms with van der Waals surface area (Å²) in [6.45, 7) is -0.660. The maximum Gasteiger partial charge on any atom is 0.417 e. The van der Waals surface area contributed by atoms with Crippen molar-refractivity contribution in [2.75, 3.05) is 12.4 Å². The highest BCUT2D eigenvalue weighted by Crippen LogP contribution is 2.35. The summed E-state index contributed by atoms with van der Waals surface area (Å²) in [5.41, 5.74) is -1.21. The van der Waals surface area contributed by atoms with Crippen LogP contribution in [0.3, 0.4) is 0 Å². The van der Waals surface area contributed by atoms with Crippen molar-refractivity contribution < 1.29 is 26.7 Å². The molecule has 17 heavy (non-hydrogen) atoms. The fourth-order valence-corrected chi connectivity index (χ4v) is 2.43. The Kier molecular flexibility index (Phi) is 4.06. The first-order chi connectivity index (χ1) is 7.68. The zero-order valence-corrected chi connectivity index (χ0v) is 9.90. The van der Waals surface area contributed by atoms with Crippen molar-refractivity contribution in [1.29, 1.82) is 0 Å². The predicted molar refractivity (Wildman–Crippen MR) is 55.6 cm³/mol. The topological polar surface area (TPSA) is 54.4 Å². The van der Waals surface area contributed by atoms with Crippen LogP contribution in [0, 0.1) is 0 Å². The molecule has 0 aliphatic rings. The van der Waals surface area contributed by atoms with Gasteiger partial charge in [-0.25, -0.2) is 8.42 Å². The average Bonchev–Trinajstić information content (AvgIpc) is 2.15. The van der Waals surface area contributed by atoms with Crippen molar-refractivity contribution in [2.45, 2.75) is 11.1 Å².